The lowest BCUT2D eigenvalue weighted by molar-refractivity contribution is -0.127. The second-order valence-corrected chi connectivity index (χ2v) is 8.11. The molecule has 2 aromatic rings. The summed E-state index contributed by atoms with van der Waals surface area (Å²) in [4.78, 5) is 26.4. The van der Waals surface area contributed by atoms with Gasteiger partial charge in [0.05, 0.1) is 5.92 Å². The summed E-state index contributed by atoms with van der Waals surface area (Å²) in [5.41, 5.74) is 3.81. The Bertz CT molecular complexity index is 840. The van der Waals surface area contributed by atoms with Crippen LogP contribution in [0.1, 0.15) is 23.1 Å². The van der Waals surface area contributed by atoms with E-state index in [1.165, 1.54) is 16.7 Å². The molecule has 0 aromatic heterocycles. The molecule has 28 heavy (non-hydrogen) atoms. The number of hydrogen-bond acceptors (Lipinski definition) is 3. The van der Waals surface area contributed by atoms with Crippen molar-refractivity contribution in [3.8, 4) is 0 Å². The van der Waals surface area contributed by atoms with Crippen LogP contribution in [0, 0.1) is 5.92 Å². The van der Waals surface area contributed by atoms with Gasteiger partial charge in [-0.05, 0) is 36.6 Å². The number of nitrogens with zero attached hydrogens (tertiary/aromatic N) is 1. The lowest BCUT2D eigenvalue weighted by Crippen LogP contribution is -2.55. The number of nitrogens with one attached hydrogen (secondary N) is 2. The van der Waals surface area contributed by atoms with E-state index in [1.807, 2.05) is 6.07 Å². The van der Waals surface area contributed by atoms with Gasteiger partial charge in [0.15, 0.2) is 0 Å². The molecule has 5 nitrogen and oxygen atoms in total. The highest BCUT2D eigenvalue weighted by atomic mass is 16.2. The molecule has 1 heterocycles. The standard InChI is InChI=1S/C23H27N3O2/c1-26(15-17-7-3-2-4-8-17)23(12-18-9-5-6-10-19(18)13-23)16-25-22(28)20-11-21(27)24-14-20/h2-10,20H,11-16H2,1H3,(H,24,27)(H,25,28). The molecule has 2 N–H and O–H groups in total. The minimum absolute atomic E-state index is 0.0261. The summed E-state index contributed by atoms with van der Waals surface area (Å²) in [7, 11) is 2.14. The van der Waals surface area contributed by atoms with E-state index in [9.17, 15) is 9.59 Å². The molecule has 0 saturated carbocycles. The van der Waals surface area contributed by atoms with E-state index in [0.29, 0.717) is 19.5 Å². The minimum Gasteiger partial charge on any atom is -0.355 e. The molecular weight excluding hydrogens is 350 g/mol. The molecule has 1 atom stereocenters. The summed E-state index contributed by atoms with van der Waals surface area (Å²) in [6.45, 7) is 1.85. The topological polar surface area (TPSA) is 61.4 Å². The number of carbonyl (C=O) groups excluding carboxylic acids is 2. The Morgan fingerprint density at radius 2 is 1.75 bits per heavy atom. The van der Waals surface area contributed by atoms with Gasteiger partial charge in [0.1, 0.15) is 0 Å². The van der Waals surface area contributed by atoms with Gasteiger partial charge in [-0.2, -0.15) is 0 Å². The van der Waals surface area contributed by atoms with Gasteiger partial charge in [-0.1, -0.05) is 54.6 Å². The van der Waals surface area contributed by atoms with Crippen molar-refractivity contribution in [3.63, 3.8) is 0 Å². The third-order valence-corrected chi connectivity index (χ3v) is 6.17. The first-order valence-corrected chi connectivity index (χ1v) is 9.92. The van der Waals surface area contributed by atoms with E-state index in [4.69, 9.17) is 0 Å². The predicted octanol–water partition coefficient (Wildman–Crippen LogP) is 1.91. The quantitative estimate of drug-likeness (QED) is 0.808. The van der Waals surface area contributed by atoms with Crippen molar-refractivity contribution in [2.45, 2.75) is 31.3 Å². The number of amides is 2. The Labute approximate surface area is 166 Å². The van der Waals surface area contributed by atoms with E-state index >= 15 is 0 Å². The van der Waals surface area contributed by atoms with Gasteiger partial charge in [-0.15, -0.1) is 0 Å². The first-order chi connectivity index (χ1) is 13.6. The maximum atomic E-state index is 12.6. The maximum Gasteiger partial charge on any atom is 0.225 e. The third-order valence-electron chi connectivity index (χ3n) is 6.17. The molecule has 0 bridgehead atoms. The smallest absolute Gasteiger partial charge is 0.225 e. The fourth-order valence-corrected chi connectivity index (χ4v) is 4.42. The van der Waals surface area contributed by atoms with Crippen LogP contribution in [0.4, 0.5) is 0 Å². The van der Waals surface area contributed by atoms with E-state index < -0.39 is 0 Å². The monoisotopic (exact) mass is 377 g/mol. The molecule has 1 aliphatic carbocycles. The van der Waals surface area contributed by atoms with Crippen LogP contribution in [0.25, 0.3) is 0 Å². The van der Waals surface area contributed by atoms with Crippen molar-refractivity contribution >= 4 is 11.8 Å². The van der Waals surface area contributed by atoms with Gasteiger partial charge in [-0.3, -0.25) is 14.5 Å². The lowest BCUT2D eigenvalue weighted by Gasteiger charge is -2.39. The fourth-order valence-electron chi connectivity index (χ4n) is 4.42. The Hall–Kier alpha value is -2.66. The summed E-state index contributed by atoms with van der Waals surface area (Å²) < 4.78 is 0. The Kier molecular flexibility index (Phi) is 5.18. The zero-order chi connectivity index (χ0) is 19.6. The maximum absolute atomic E-state index is 12.6. The number of benzene rings is 2. The first-order valence-electron chi connectivity index (χ1n) is 9.92. The molecule has 146 valence electrons. The predicted molar refractivity (Wildman–Crippen MR) is 109 cm³/mol. The zero-order valence-corrected chi connectivity index (χ0v) is 16.3. The summed E-state index contributed by atoms with van der Waals surface area (Å²) in [5.74, 6) is -0.320. The summed E-state index contributed by atoms with van der Waals surface area (Å²) in [6, 6.07) is 19.0. The van der Waals surface area contributed by atoms with Gasteiger partial charge >= 0.3 is 0 Å². The van der Waals surface area contributed by atoms with Crippen LogP contribution in [0.3, 0.4) is 0 Å². The van der Waals surface area contributed by atoms with Crippen LogP contribution in [0.5, 0.6) is 0 Å². The molecular formula is C23H27N3O2. The van der Waals surface area contributed by atoms with E-state index in [2.05, 4.69) is 71.1 Å². The van der Waals surface area contributed by atoms with Gasteiger partial charge in [0.25, 0.3) is 0 Å². The second kappa shape index (κ2) is 7.76. The normalized spacial score (nSPS) is 20.1. The van der Waals surface area contributed by atoms with Crippen molar-refractivity contribution < 1.29 is 9.59 Å². The van der Waals surface area contributed by atoms with Crippen LogP contribution in [0.15, 0.2) is 54.6 Å². The highest BCUT2D eigenvalue weighted by Crippen LogP contribution is 2.34. The van der Waals surface area contributed by atoms with Crippen LogP contribution in [-0.4, -0.2) is 42.4 Å². The average Bonchev–Trinajstić information content (AvgIpc) is 3.31. The molecule has 1 fully saturated rings. The van der Waals surface area contributed by atoms with Gasteiger partial charge in [-0.25, -0.2) is 0 Å². The lowest BCUT2D eigenvalue weighted by atomic mass is 9.92. The minimum atomic E-state index is -0.257. The second-order valence-electron chi connectivity index (χ2n) is 8.11. The number of likely N-dealkylation sites (N-methyl/N-ethyl adjacent to an activating group) is 1. The van der Waals surface area contributed by atoms with Crippen molar-refractivity contribution in [3.05, 3.63) is 71.3 Å². The summed E-state index contributed by atoms with van der Waals surface area (Å²) >= 11 is 0. The highest BCUT2D eigenvalue weighted by Gasteiger charge is 2.41. The molecule has 1 aliphatic heterocycles. The van der Waals surface area contributed by atoms with Crippen LogP contribution in [0.2, 0.25) is 0 Å². The van der Waals surface area contributed by atoms with Crippen LogP contribution in [-0.2, 0) is 29.0 Å². The largest absolute Gasteiger partial charge is 0.355 e. The molecule has 1 saturated heterocycles. The molecule has 0 radical (unpaired) electrons. The number of fused-ring (bicyclic) bond motifs is 1. The molecule has 1 unspecified atom stereocenters. The SMILES string of the molecule is CN(Cc1ccccc1)C1(CNC(=O)C2CNC(=O)C2)Cc2ccccc2C1. The van der Waals surface area contributed by atoms with E-state index in [-0.39, 0.29) is 23.3 Å². The number of rotatable bonds is 6. The van der Waals surface area contributed by atoms with Gasteiger partial charge in [0.2, 0.25) is 11.8 Å². The van der Waals surface area contributed by atoms with Gasteiger partial charge in [0, 0.05) is 31.6 Å². The number of carbonyl (C=O) groups is 2. The van der Waals surface area contributed by atoms with Crippen molar-refractivity contribution in [1.82, 2.24) is 15.5 Å². The first kappa shape index (κ1) is 18.7. The van der Waals surface area contributed by atoms with Crippen LogP contribution >= 0.6 is 0 Å². The molecule has 0 spiro atoms. The Morgan fingerprint density at radius 3 is 2.36 bits per heavy atom. The molecule has 2 aliphatic rings. The molecule has 2 amide bonds. The highest BCUT2D eigenvalue weighted by molar-refractivity contribution is 5.89. The third kappa shape index (κ3) is 3.80. The van der Waals surface area contributed by atoms with Gasteiger partial charge < -0.3 is 10.6 Å². The Balaban J connectivity index is 1.51. The summed E-state index contributed by atoms with van der Waals surface area (Å²) in [5, 5.41) is 5.90. The molecule has 5 heteroatoms. The Morgan fingerprint density at radius 1 is 1.11 bits per heavy atom. The van der Waals surface area contributed by atoms with Crippen molar-refractivity contribution in [2.75, 3.05) is 20.1 Å². The zero-order valence-electron chi connectivity index (χ0n) is 16.3. The fraction of sp³-hybridized carbons (Fsp3) is 0.391. The van der Waals surface area contributed by atoms with Crippen molar-refractivity contribution in [1.29, 1.82) is 0 Å². The summed E-state index contributed by atoms with van der Waals surface area (Å²) in [6.07, 6.45) is 2.11. The molecule has 2 aromatic carbocycles. The van der Waals surface area contributed by atoms with E-state index in [1.54, 1.807) is 0 Å². The average molecular weight is 377 g/mol. The van der Waals surface area contributed by atoms with E-state index in [0.717, 1.165) is 19.4 Å². The van der Waals surface area contributed by atoms with Crippen molar-refractivity contribution in [2.24, 2.45) is 5.92 Å². The molecule has 4 rings (SSSR count). The number of hydrogen-bond donors (Lipinski definition) is 2. The van der Waals surface area contributed by atoms with Crippen LogP contribution < -0.4 is 10.6 Å².